The number of carbonyl (C=O) groups excluding carboxylic acids is 1. The molecule has 2 atom stereocenters. The van der Waals surface area contributed by atoms with E-state index in [4.69, 9.17) is 9.47 Å². The summed E-state index contributed by atoms with van der Waals surface area (Å²) in [6.45, 7) is 0.597. The fraction of sp³-hybridized carbons (Fsp3) is 0.350. The molecule has 1 aliphatic rings. The van der Waals surface area contributed by atoms with Gasteiger partial charge in [0.25, 0.3) is 0 Å². The zero-order chi connectivity index (χ0) is 20.4. The average Bonchev–Trinajstić information content (AvgIpc) is 3.13. The highest BCUT2D eigenvalue weighted by molar-refractivity contribution is 5.77. The van der Waals surface area contributed by atoms with E-state index in [2.05, 4.69) is 10.2 Å². The highest BCUT2D eigenvalue weighted by Gasteiger charge is 2.32. The van der Waals surface area contributed by atoms with E-state index in [1.807, 2.05) is 24.3 Å². The fourth-order valence-electron chi connectivity index (χ4n) is 3.34. The van der Waals surface area contributed by atoms with Crippen molar-refractivity contribution in [1.29, 1.82) is 0 Å². The van der Waals surface area contributed by atoms with Crippen molar-refractivity contribution in [3.63, 3.8) is 0 Å². The summed E-state index contributed by atoms with van der Waals surface area (Å²) in [5.74, 6) is -0.0773. The maximum Gasteiger partial charge on any atom is 0.246 e. The van der Waals surface area contributed by atoms with Crippen LogP contribution >= 0.6 is 0 Å². The molecule has 9 heteroatoms. The number of rotatable bonds is 5. The summed E-state index contributed by atoms with van der Waals surface area (Å²) in [4.78, 5) is 15.7. The van der Waals surface area contributed by atoms with Crippen LogP contribution in [0.15, 0.2) is 42.5 Å². The summed E-state index contributed by atoms with van der Waals surface area (Å²) in [6.07, 6.45) is -1.04. The molecular formula is C20H21FN4O4. The summed E-state index contributed by atoms with van der Waals surface area (Å²) in [5, 5.41) is 18.9. The first-order valence-electron chi connectivity index (χ1n) is 9.29. The summed E-state index contributed by atoms with van der Waals surface area (Å²) < 4.78 is 24.4. The number of aliphatic hydroxyl groups is 1. The van der Waals surface area contributed by atoms with Crippen LogP contribution < -0.4 is 9.47 Å². The predicted octanol–water partition coefficient (Wildman–Crippen LogP) is 1.62. The molecule has 1 aromatic heterocycles. The Morgan fingerprint density at radius 2 is 1.93 bits per heavy atom. The van der Waals surface area contributed by atoms with Crippen LogP contribution in [0, 0.1) is 5.82 Å². The molecule has 2 aromatic carbocycles. The van der Waals surface area contributed by atoms with Gasteiger partial charge in [-0.1, -0.05) is 12.1 Å². The second-order valence-corrected chi connectivity index (χ2v) is 6.87. The topological polar surface area (TPSA) is 89.7 Å². The predicted molar refractivity (Wildman–Crippen MR) is 102 cm³/mol. The molecule has 0 bridgehead atoms. The number of hydrogen-bond donors (Lipinski definition) is 1. The summed E-state index contributed by atoms with van der Waals surface area (Å²) in [5.41, 5.74) is 1.44. The molecule has 0 aliphatic carbocycles. The summed E-state index contributed by atoms with van der Waals surface area (Å²) >= 11 is 0. The first-order chi connectivity index (χ1) is 14.0. The quantitative estimate of drug-likeness (QED) is 0.700. The third-order valence-electron chi connectivity index (χ3n) is 4.89. The lowest BCUT2D eigenvalue weighted by molar-refractivity contribution is -0.137. The minimum Gasteiger partial charge on any atom is -0.493 e. The molecule has 3 aromatic rings. The Hall–Kier alpha value is -3.20. The van der Waals surface area contributed by atoms with Crippen molar-refractivity contribution in [2.75, 3.05) is 20.2 Å². The van der Waals surface area contributed by atoms with Crippen LogP contribution in [0.25, 0.3) is 11.0 Å². The van der Waals surface area contributed by atoms with Gasteiger partial charge in [-0.25, -0.2) is 4.39 Å². The normalized spacial score (nSPS) is 19.3. The number of hydrogen-bond acceptors (Lipinski definition) is 6. The van der Waals surface area contributed by atoms with Gasteiger partial charge in [-0.3, -0.25) is 4.79 Å². The standard InChI is InChI=1S/C20H21FN4O4/c1-28-18-10-13(21)6-7-17(18)29-19-11-24(9-8-16(19)26)20(27)12-25-22-14-4-2-3-5-15(14)23-25/h2-7,10,16,19,26H,8-9,11-12H2,1H3/t16-,19-/m1/s1. The van der Waals surface area contributed by atoms with Crippen molar-refractivity contribution in [1.82, 2.24) is 19.9 Å². The van der Waals surface area contributed by atoms with Gasteiger partial charge < -0.3 is 19.5 Å². The maximum absolute atomic E-state index is 13.4. The third kappa shape index (κ3) is 4.14. The van der Waals surface area contributed by atoms with Gasteiger partial charge in [0.15, 0.2) is 11.5 Å². The molecule has 0 radical (unpaired) electrons. The smallest absolute Gasteiger partial charge is 0.246 e. The molecule has 1 N–H and O–H groups in total. The van der Waals surface area contributed by atoms with Crippen molar-refractivity contribution in [3.05, 3.63) is 48.3 Å². The Labute approximate surface area is 166 Å². The Morgan fingerprint density at radius 1 is 1.21 bits per heavy atom. The minimum absolute atomic E-state index is 0.00261. The van der Waals surface area contributed by atoms with E-state index in [0.29, 0.717) is 18.7 Å². The minimum atomic E-state index is -0.751. The molecule has 2 heterocycles. The Balaban J connectivity index is 1.44. The summed E-state index contributed by atoms with van der Waals surface area (Å²) in [6, 6.07) is 11.3. The molecule has 0 unspecified atom stereocenters. The Morgan fingerprint density at radius 3 is 2.62 bits per heavy atom. The lowest BCUT2D eigenvalue weighted by Gasteiger charge is -2.36. The lowest BCUT2D eigenvalue weighted by Crippen LogP contribution is -2.52. The Kier molecular flexibility index (Phi) is 5.30. The van der Waals surface area contributed by atoms with Crippen LogP contribution in [-0.4, -0.2) is 63.3 Å². The number of amides is 1. The van der Waals surface area contributed by atoms with E-state index < -0.39 is 18.0 Å². The highest BCUT2D eigenvalue weighted by atomic mass is 19.1. The van der Waals surface area contributed by atoms with Crippen molar-refractivity contribution in [3.8, 4) is 11.5 Å². The van der Waals surface area contributed by atoms with Gasteiger partial charge in [0.05, 0.1) is 19.8 Å². The molecule has 1 amide bonds. The SMILES string of the molecule is COc1cc(F)ccc1O[C@@H]1CN(C(=O)Cn2nc3ccccc3n2)CC[C@H]1O. The Bertz CT molecular complexity index is 992. The second kappa shape index (κ2) is 8.04. The van der Waals surface area contributed by atoms with Gasteiger partial charge in [0, 0.05) is 12.6 Å². The molecule has 1 fully saturated rings. The first-order valence-corrected chi connectivity index (χ1v) is 9.29. The first kappa shape index (κ1) is 19.1. The fourth-order valence-corrected chi connectivity index (χ4v) is 3.34. The van der Waals surface area contributed by atoms with E-state index in [1.54, 1.807) is 4.90 Å². The monoisotopic (exact) mass is 400 g/mol. The molecule has 0 spiro atoms. The van der Waals surface area contributed by atoms with Gasteiger partial charge in [0.1, 0.15) is 29.5 Å². The van der Waals surface area contributed by atoms with Gasteiger partial charge in [-0.05, 0) is 30.7 Å². The van der Waals surface area contributed by atoms with Crippen LogP contribution in [-0.2, 0) is 11.3 Å². The number of nitrogens with zero attached hydrogens (tertiary/aromatic N) is 4. The number of methoxy groups -OCH3 is 1. The number of piperidine rings is 1. The van der Waals surface area contributed by atoms with E-state index >= 15 is 0 Å². The van der Waals surface area contributed by atoms with Crippen molar-refractivity contribution in [2.45, 2.75) is 25.2 Å². The largest absolute Gasteiger partial charge is 0.493 e. The van der Waals surface area contributed by atoms with Crippen molar-refractivity contribution in [2.24, 2.45) is 0 Å². The van der Waals surface area contributed by atoms with Crippen LogP contribution in [0.4, 0.5) is 4.39 Å². The zero-order valence-electron chi connectivity index (χ0n) is 15.9. The molecule has 29 heavy (non-hydrogen) atoms. The van der Waals surface area contributed by atoms with Crippen molar-refractivity contribution >= 4 is 16.9 Å². The van der Waals surface area contributed by atoms with Crippen LogP contribution in [0.3, 0.4) is 0 Å². The average molecular weight is 400 g/mol. The van der Waals surface area contributed by atoms with E-state index in [-0.39, 0.29) is 24.7 Å². The number of benzene rings is 2. The maximum atomic E-state index is 13.4. The molecule has 152 valence electrons. The van der Waals surface area contributed by atoms with Crippen LogP contribution in [0.1, 0.15) is 6.42 Å². The number of fused-ring (bicyclic) bond motifs is 1. The third-order valence-corrected chi connectivity index (χ3v) is 4.89. The van der Waals surface area contributed by atoms with E-state index in [9.17, 15) is 14.3 Å². The molecule has 4 rings (SSSR count). The van der Waals surface area contributed by atoms with Gasteiger partial charge in [-0.2, -0.15) is 15.0 Å². The lowest BCUT2D eigenvalue weighted by atomic mass is 10.0. The van der Waals surface area contributed by atoms with Gasteiger partial charge in [0.2, 0.25) is 5.91 Å². The molecule has 1 aliphatic heterocycles. The number of ether oxygens (including phenoxy) is 2. The molecular weight excluding hydrogens is 379 g/mol. The van der Waals surface area contributed by atoms with Gasteiger partial charge >= 0.3 is 0 Å². The second-order valence-electron chi connectivity index (χ2n) is 6.87. The highest BCUT2D eigenvalue weighted by Crippen LogP contribution is 2.30. The number of carbonyl (C=O) groups is 1. The van der Waals surface area contributed by atoms with Crippen LogP contribution in [0.5, 0.6) is 11.5 Å². The molecule has 1 saturated heterocycles. The zero-order valence-corrected chi connectivity index (χ0v) is 15.9. The van der Waals surface area contributed by atoms with Crippen molar-refractivity contribution < 1.29 is 23.8 Å². The number of aromatic nitrogens is 3. The number of likely N-dealkylation sites (tertiary alicyclic amines) is 1. The number of halogens is 1. The van der Waals surface area contributed by atoms with E-state index in [1.165, 1.54) is 30.1 Å². The van der Waals surface area contributed by atoms with E-state index in [0.717, 1.165) is 11.0 Å². The van der Waals surface area contributed by atoms with Crippen LogP contribution in [0.2, 0.25) is 0 Å². The molecule has 0 saturated carbocycles. The molecule has 8 nitrogen and oxygen atoms in total. The summed E-state index contributed by atoms with van der Waals surface area (Å²) in [7, 11) is 1.41. The van der Waals surface area contributed by atoms with Gasteiger partial charge in [-0.15, -0.1) is 0 Å². The number of aliphatic hydroxyl groups excluding tert-OH is 1.